The number of ether oxygens (including phenoxy) is 1. The van der Waals surface area contributed by atoms with Gasteiger partial charge in [-0.1, -0.05) is 11.8 Å². The molecule has 0 aromatic rings. The van der Waals surface area contributed by atoms with Crippen molar-refractivity contribution in [2.75, 3.05) is 7.11 Å². The van der Waals surface area contributed by atoms with Crippen molar-refractivity contribution in [1.29, 1.82) is 0 Å². The molecule has 0 unspecified atom stereocenters. The Kier molecular flexibility index (Phi) is 2.97. The van der Waals surface area contributed by atoms with Gasteiger partial charge in [0.15, 0.2) is 5.57 Å². The average molecular weight is 200 g/mol. The van der Waals surface area contributed by atoms with Crippen LogP contribution in [0.15, 0.2) is 22.2 Å². The summed E-state index contributed by atoms with van der Waals surface area (Å²) in [6, 6.07) is 0. The third-order valence-corrected chi connectivity index (χ3v) is 2.16. The number of thioether (sulfide) groups is 1. The standard InChI is InChI=1S/C7H8N2O3S/c1-12-7(11)4(5(8)10)6-9-2-3-13-6/h2-3,9H,1H3,(H2,8,10). The summed E-state index contributed by atoms with van der Waals surface area (Å²) in [5.41, 5.74) is 4.86. The largest absolute Gasteiger partial charge is 0.465 e. The van der Waals surface area contributed by atoms with Gasteiger partial charge in [-0.3, -0.25) is 4.79 Å². The minimum Gasteiger partial charge on any atom is -0.465 e. The minimum atomic E-state index is -0.800. The molecule has 13 heavy (non-hydrogen) atoms. The van der Waals surface area contributed by atoms with Gasteiger partial charge in [0.25, 0.3) is 5.91 Å². The molecule has 0 aromatic carbocycles. The van der Waals surface area contributed by atoms with Crippen LogP contribution in [0.3, 0.4) is 0 Å². The lowest BCUT2D eigenvalue weighted by Crippen LogP contribution is -2.25. The number of nitrogens with two attached hydrogens (primary N) is 1. The summed E-state index contributed by atoms with van der Waals surface area (Å²) in [5.74, 6) is -1.53. The molecule has 0 fully saturated rings. The van der Waals surface area contributed by atoms with Gasteiger partial charge in [-0.15, -0.1) is 0 Å². The molecule has 0 atom stereocenters. The Balaban J connectivity index is 2.97. The molecule has 0 bridgehead atoms. The number of rotatable bonds is 2. The van der Waals surface area contributed by atoms with Crippen molar-refractivity contribution in [1.82, 2.24) is 5.32 Å². The highest BCUT2D eigenvalue weighted by atomic mass is 32.2. The van der Waals surface area contributed by atoms with Crippen molar-refractivity contribution >= 4 is 23.6 Å². The number of carbonyl (C=O) groups excluding carboxylic acids is 2. The molecule has 0 saturated carbocycles. The smallest absolute Gasteiger partial charge is 0.346 e. The highest BCUT2D eigenvalue weighted by Gasteiger charge is 2.22. The van der Waals surface area contributed by atoms with E-state index < -0.39 is 11.9 Å². The van der Waals surface area contributed by atoms with E-state index in [0.717, 1.165) is 0 Å². The Morgan fingerprint density at radius 1 is 1.62 bits per heavy atom. The second kappa shape index (κ2) is 3.99. The van der Waals surface area contributed by atoms with Crippen LogP contribution >= 0.6 is 11.8 Å². The molecule has 1 aliphatic rings. The molecule has 1 aliphatic heterocycles. The van der Waals surface area contributed by atoms with Gasteiger partial charge in [-0.25, -0.2) is 4.79 Å². The van der Waals surface area contributed by atoms with Crippen molar-refractivity contribution in [2.45, 2.75) is 0 Å². The zero-order valence-electron chi connectivity index (χ0n) is 6.87. The molecular formula is C7H8N2O3S. The molecule has 6 heteroatoms. The van der Waals surface area contributed by atoms with E-state index in [2.05, 4.69) is 10.1 Å². The molecule has 5 nitrogen and oxygen atoms in total. The molecule has 0 saturated heterocycles. The van der Waals surface area contributed by atoms with Crippen LogP contribution in [-0.4, -0.2) is 19.0 Å². The van der Waals surface area contributed by atoms with Gasteiger partial charge >= 0.3 is 5.97 Å². The highest BCUT2D eigenvalue weighted by Crippen LogP contribution is 2.23. The quantitative estimate of drug-likeness (QED) is 0.276. The molecule has 70 valence electrons. The fraction of sp³-hybridized carbons (Fsp3) is 0.143. The first-order chi connectivity index (χ1) is 6.16. The van der Waals surface area contributed by atoms with Gasteiger partial charge < -0.3 is 15.8 Å². The number of methoxy groups -OCH3 is 1. The van der Waals surface area contributed by atoms with Crippen LogP contribution < -0.4 is 11.1 Å². The second-order valence-electron chi connectivity index (χ2n) is 2.12. The summed E-state index contributed by atoms with van der Waals surface area (Å²) in [4.78, 5) is 21.9. The normalized spacial score (nSPS) is 17.9. The van der Waals surface area contributed by atoms with Crippen molar-refractivity contribution < 1.29 is 14.3 Å². The first-order valence-electron chi connectivity index (χ1n) is 3.37. The molecule has 0 aliphatic carbocycles. The Hall–Kier alpha value is -1.43. The number of hydrogen-bond donors (Lipinski definition) is 2. The summed E-state index contributed by atoms with van der Waals surface area (Å²) in [7, 11) is 1.19. The number of carbonyl (C=O) groups is 2. The highest BCUT2D eigenvalue weighted by molar-refractivity contribution is 8.06. The molecule has 0 aromatic heterocycles. The van der Waals surface area contributed by atoms with Crippen LogP contribution in [-0.2, 0) is 14.3 Å². The van der Waals surface area contributed by atoms with E-state index >= 15 is 0 Å². The van der Waals surface area contributed by atoms with Crippen molar-refractivity contribution in [3.8, 4) is 0 Å². The van der Waals surface area contributed by atoms with E-state index in [1.165, 1.54) is 18.9 Å². The van der Waals surface area contributed by atoms with Crippen LogP contribution in [0.2, 0.25) is 0 Å². The van der Waals surface area contributed by atoms with Gasteiger partial charge in [-0.05, 0) is 5.41 Å². The fourth-order valence-electron chi connectivity index (χ4n) is 0.784. The van der Waals surface area contributed by atoms with Crippen molar-refractivity contribution in [3.63, 3.8) is 0 Å². The van der Waals surface area contributed by atoms with Crippen molar-refractivity contribution in [3.05, 3.63) is 22.2 Å². The Bertz CT molecular complexity index is 299. The summed E-state index contributed by atoms with van der Waals surface area (Å²) in [6.45, 7) is 0. The molecule has 3 N–H and O–H groups in total. The molecule has 0 radical (unpaired) electrons. The van der Waals surface area contributed by atoms with Gasteiger partial charge in [0.2, 0.25) is 0 Å². The maximum absolute atomic E-state index is 11.1. The Morgan fingerprint density at radius 3 is 2.69 bits per heavy atom. The molecule has 1 heterocycles. The predicted molar refractivity (Wildman–Crippen MR) is 48.1 cm³/mol. The zero-order chi connectivity index (χ0) is 9.84. The molecule has 1 amide bonds. The number of esters is 1. The second-order valence-corrected chi connectivity index (χ2v) is 3.04. The minimum absolute atomic E-state index is 0.155. The number of amides is 1. The maximum Gasteiger partial charge on any atom is 0.346 e. The third kappa shape index (κ3) is 2.03. The van der Waals surface area contributed by atoms with Gasteiger partial charge in [0, 0.05) is 6.20 Å². The monoisotopic (exact) mass is 200 g/mol. The average Bonchev–Trinajstić information content (AvgIpc) is 2.56. The number of primary amides is 1. The van der Waals surface area contributed by atoms with Gasteiger partial charge in [0.1, 0.15) is 0 Å². The summed E-state index contributed by atoms with van der Waals surface area (Å²) in [6.07, 6.45) is 1.60. The van der Waals surface area contributed by atoms with Crippen LogP contribution in [0.25, 0.3) is 0 Å². The van der Waals surface area contributed by atoms with E-state index in [1.54, 1.807) is 11.6 Å². The Labute approximate surface area is 79.0 Å². The van der Waals surface area contributed by atoms with E-state index in [1.807, 2.05) is 0 Å². The summed E-state index contributed by atoms with van der Waals surface area (Å²) >= 11 is 1.21. The zero-order valence-corrected chi connectivity index (χ0v) is 7.68. The van der Waals surface area contributed by atoms with Crippen molar-refractivity contribution in [2.24, 2.45) is 5.73 Å². The van der Waals surface area contributed by atoms with Gasteiger partial charge in [-0.2, -0.15) is 0 Å². The number of nitrogens with one attached hydrogen (secondary N) is 1. The predicted octanol–water partition coefficient (Wildman–Crippen LogP) is -0.336. The van der Waals surface area contributed by atoms with E-state index in [9.17, 15) is 9.59 Å². The first kappa shape index (κ1) is 9.66. The van der Waals surface area contributed by atoms with E-state index in [4.69, 9.17) is 5.73 Å². The van der Waals surface area contributed by atoms with E-state index in [-0.39, 0.29) is 5.57 Å². The van der Waals surface area contributed by atoms with Crippen LogP contribution in [0, 0.1) is 0 Å². The molecule has 0 spiro atoms. The SMILES string of the molecule is COC(=O)C(C(N)=O)=C1NC=CS1. The topological polar surface area (TPSA) is 81.4 Å². The fourth-order valence-corrected chi connectivity index (χ4v) is 1.49. The van der Waals surface area contributed by atoms with Gasteiger partial charge in [0.05, 0.1) is 12.1 Å². The summed E-state index contributed by atoms with van der Waals surface area (Å²) < 4.78 is 4.41. The van der Waals surface area contributed by atoms with E-state index in [0.29, 0.717) is 5.03 Å². The lowest BCUT2D eigenvalue weighted by Gasteiger charge is -2.04. The number of hydrogen-bond acceptors (Lipinski definition) is 5. The van der Waals surface area contributed by atoms with Crippen LogP contribution in [0.5, 0.6) is 0 Å². The maximum atomic E-state index is 11.1. The van der Waals surface area contributed by atoms with Crippen LogP contribution in [0.1, 0.15) is 0 Å². The molecule has 1 rings (SSSR count). The first-order valence-corrected chi connectivity index (χ1v) is 4.25. The Morgan fingerprint density at radius 2 is 2.31 bits per heavy atom. The summed E-state index contributed by atoms with van der Waals surface area (Å²) in [5, 5.41) is 4.81. The molecular weight excluding hydrogens is 192 g/mol. The lowest BCUT2D eigenvalue weighted by molar-refractivity contribution is -0.137. The van der Waals surface area contributed by atoms with Crippen LogP contribution in [0.4, 0.5) is 0 Å². The third-order valence-electron chi connectivity index (χ3n) is 1.33. The lowest BCUT2D eigenvalue weighted by atomic mass is 10.3.